The minimum absolute atomic E-state index is 0.0397. The van der Waals surface area contributed by atoms with Crippen LogP contribution in [-0.2, 0) is 26.2 Å². The number of rotatable bonds is 13. The maximum absolute atomic E-state index is 13.6. The van der Waals surface area contributed by atoms with Gasteiger partial charge in [-0.2, -0.15) is 0 Å². The van der Waals surface area contributed by atoms with Crippen molar-refractivity contribution in [2.45, 2.75) is 45.7 Å². The summed E-state index contributed by atoms with van der Waals surface area (Å²) in [5, 5.41) is 14.6. The predicted octanol–water partition coefficient (Wildman–Crippen LogP) is 4.39. The normalized spacial score (nSPS) is 12.0. The standard InChI is InChI=1S/C24H30Cl2N4O6S/c1-4-6-12-27-24(32)22(5-2)28(15-17-10-11-20(25)21(26)13-17)23(31)16-29(37(3,35)36)18-8-7-9-19(14-18)30(33)34/h7-11,13-14,22H,4-6,12,15-16H2,1-3H3,(H,27,32)/t22-/m0/s1. The lowest BCUT2D eigenvalue weighted by Gasteiger charge is -2.33. The monoisotopic (exact) mass is 572 g/mol. The number of nitro benzene ring substituents is 1. The van der Waals surface area contributed by atoms with Crippen LogP contribution in [0.1, 0.15) is 38.7 Å². The minimum atomic E-state index is -4.02. The Bertz CT molecular complexity index is 1240. The van der Waals surface area contributed by atoms with E-state index in [0.29, 0.717) is 17.1 Å². The lowest BCUT2D eigenvalue weighted by molar-refractivity contribution is -0.384. The molecule has 2 rings (SSSR count). The number of sulfonamides is 1. The third-order valence-corrected chi connectivity index (χ3v) is 7.44. The Morgan fingerprint density at radius 2 is 1.81 bits per heavy atom. The van der Waals surface area contributed by atoms with Crippen molar-refractivity contribution in [3.63, 3.8) is 0 Å². The van der Waals surface area contributed by atoms with Crippen molar-refractivity contribution in [1.82, 2.24) is 10.2 Å². The van der Waals surface area contributed by atoms with Crippen molar-refractivity contribution in [3.8, 4) is 0 Å². The van der Waals surface area contributed by atoms with Crippen LogP contribution in [0.15, 0.2) is 42.5 Å². The van der Waals surface area contributed by atoms with Crippen molar-refractivity contribution in [2.75, 3.05) is 23.7 Å². The van der Waals surface area contributed by atoms with Gasteiger partial charge in [0.2, 0.25) is 21.8 Å². The highest BCUT2D eigenvalue weighted by atomic mass is 35.5. The highest BCUT2D eigenvalue weighted by Gasteiger charge is 2.32. The second-order valence-corrected chi connectivity index (χ2v) is 11.1. The van der Waals surface area contributed by atoms with Gasteiger partial charge in [0.15, 0.2) is 0 Å². The second kappa shape index (κ2) is 13.6. The summed E-state index contributed by atoms with van der Waals surface area (Å²) in [5.74, 6) is -1.04. The van der Waals surface area contributed by atoms with Gasteiger partial charge in [0.1, 0.15) is 12.6 Å². The van der Waals surface area contributed by atoms with Gasteiger partial charge in [-0.25, -0.2) is 8.42 Å². The fourth-order valence-electron chi connectivity index (χ4n) is 3.64. The van der Waals surface area contributed by atoms with E-state index in [4.69, 9.17) is 23.2 Å². The SMILES string of the molecule is CCCCNC(=O)[C@H](CC)N(Cc1ccc(Cl)c(Cl)c1)C(=O)CN(c1cccc([N+](=O)[O-])c1)S(C)(=O)=O. The number of unbranched alkanes of at least 4 members (excludes halogenated alkanes) is 1. The van der Waals surface area contributed by atoms with Crippen LogP contribution in [0.2, 0.25) is 10.0 Å². The zero-order valence-electron chi connectivity index (χ0n) is 20.8. The molecule has 2 amide bonds. The third kappa shape index (κ3) is 8.58. The number of amides is 2. The molecule has 0 aliphatic carbocycles. The number of nitro groups is 1. The first-order valence-electron chi connectivity index (χ1n) is 11.6. The first-order valence-corrected chi connectivity index (χ1v) is 14.2. The van der Waals surface area contributed by atoms with Gasteiger partial charge in [0, 0.05) is 25.2 Å². The first kappa shape index (κ1) is 30.3. The fourth-order valence-corrected chi connectivity index (χ4v) is 4.80. The number of anilines is 1. The second-order valence-electron chi connectivity index (χ2n) is 8.39. The fraction of sp³-hybridized carbons (Fsp3) is 0.417. The summed E-state index contributed by atoms with van der Waals surface area (Å²) in [5.41, 5.74) is 0.219. The van der Waals surface area contributed by atoms with Crippen LogP contribution in [0.4, 0.5) is 11.4 Å². The van der Waals surface area contributed by atoms with E-state index in [-0.39, 0.29) is 35.3 Å². The van der Waals surface area contributed by atoms with Crippen molar-refractivity contribution < 1.29 is 22.9 Å². The van der Waals surface area contributed by atoms with E-state index in [1.54, 1.807) is 25.1 Å². The van der Waals surface area contributed by atoms with Gasteiger partial charge in [-0.05, 0) is 36.6 Å². The van der Waals surface area contributed by atoms with Gasteiger partial charge in [0.25, 0.3) is 5.69 Å². The molecule has 0 spiro atoms. The van der Waals surface area contributed by atoms with Crippen LogP contribution in [0.3, 0.4) is 0 Å². The zero-order valence-corrected chi connectivity index (χ0v) is 23.1. The molecule has 0 bridgehead atoms. The van der Waals surface area contributed by atoms with Crippen molar-refractivity contribution in [3.05, 3.63) is 68.2 Å². The molecule has 2 aromatic carbocycles. The van der Waals surface area contributed by atoms with E-state index in [1.807, 2.05) is 6.92 Å². The van der Waals surface area contributed by atoms with Gasteiger partial charge in [-0.1, -0.05) is 55.6 Å². The van der Waals surface area contributed by atoms with Crippen LogP contribution in [-0.4, -0.2) is 55.4 Å². The number of benzene rings is 2. The Kier molecular flexibility index (Phi) is 11.1. The van der Waals surface area contributed by atoms with Gasteiger partial charge >= 0.3 is 0 Å². The molecule has 0 unspecified atom stereocenters. The molecule has 10 nitrogen and oxygen atoms in total. The summed E-state index contributed by atoms with van der Waals surface area (Å²) in [6, 6.07) is 8.88. The molecular weight excluding hydrogens is 543 g/mol. The lowest BCUT2D eigenvalue weighted by Crippen LogP contribution is -2.52. The number of carbonyl (C=O) groups is 2. The number of nitrogens with one attached hydrogen (secondary N) is 1. The van der Waals surface area contributed by atoms with E-state index < -0.39 is 33.4 Å². The van der Waals surface area contributed by atoms with Gasteiger partial charge in [0.05, 0.1) is 26.9 Å². The minimum Gasteiger partial charge on any atom is -0.354 e. The van der Waals surface area contributed by atoms with Crippen LogP contribution in [0.5, 0.6) is 0 Å². The van der Waals surface area contributed by atoms with E-state index in [1.165, 1.54) is 23.1 Å². The number of hydrogen-bond acceptors (Lipinski definition) is 6. The average Bonchev–Trinajstić information content (AvgIpc) is 2.84. The van der Waals surface area contributed by atoms with Crippen LogP contribution < -0.4 is 9.62 Å². The third-order valence-electron chi connectivity index (χ3n) is 5.56. The Hall–Kier alpha value is -2.89. The van der Waals surface area contributed by atoms with Crippen molar-refractivity contribution in [1.29, 1.82) is 0 Å². The Balaban J connectivity index is 2.46. The highest BCUT2D eigenvalue weighted by molar-refractivity contribution is 7.92. The molecule has 0 radical (unpaired) electrons. The molecule has 0 saturated heterocycles. The Labute approximate surface area is 226 Å². The average molecular weight is 573 g/mol. The van der Waals surface area contributed by atoms with Crippen molar-refractivity contribution in [2.24, 2.45) is 0 Å². The summed E-state index contributed by atoms with van der Waals surface area (Å²) >= 11 is 12.2. The number of hydrogen-bond donors (Lipinski definition) is 1. The van der Waals surface area contributed by atoms with Crippen LogP contribution in [0, 0.1) is 10.1 Å². The Morgan fingerprint density at radius 1 is 1.11 bits per heavy atom. The largest absolute Gasteiger partial charge is 0.354 e. The zero-order chi connectivity index (χ0) is 27.8. The highest BCUT2D eigenvalue weighted by Crippen LogP contribution is 2.26. The van der Waals surface area contributed by atoms with Crippen LogP contribution >= 0.6 is 23.2 Å². The summed E-state index contributed by atoms with van der Waals surface area (Å²) in [7, 11) is -4.02. The molecule has 0 aromatic heterocycles. The molecular formula is C24H30Cl2N4O6S. The van der Waals surface area contributed by atoms with Crippen molar-refractivity contribution >= 4 is 56.4 Å². The molecule has 2 aromatic rings. The van der Waals surface area contributed by atoms with Crippen LogP contribution in [0.25, 0.3) is 0 Å². The molecule has 0 aliphatic rings. The van der Waals surface area contributed by atoms with E-state index in [2.05, 4.69) is 5.32 Å². The van der Waals surface area contributed by atoms with E-state index >= 15 is 0 Å². The number of carbonyl (C=O) groups excluding carboxylic acids is 2. The predicted molar refractivity (Wildman–Crippen MR) is 144 cm³/mol. The number of nitrogens with zero attached hydrogens (tertiary/aromatic N) is 3. The molecule has 0 saturated carbocycles. The van der Waals surface area contributed by atoms with E-state index in [9.17, 15) is 28.1 Å². The maximum Gasteiger partial charge on any atom is 0.271 e. The molecule has 37 heavy (non-hydrogen) atoms. The van der Waals surface area contributed by atoms with Gasteiger partial charge < -0.3 is 10.2 Å². The number of halogens is 2. The maximum atomic E-state index is 13.6. The molecule has 1 N–H and O–H groups in total. The molecule has 202 valence electrons. The molecule has 1 atom stereocenters. The first-order chi connectivity index (χ1) is 17.4. The smallest absolute Gasteiger partial charge is 0.271 e. The molecule has 0 aliphatic heterocycles. The lowest BCUT2D eigenvalue weighted by atomic mass is 10.1. The van der Waals surface area contributed by atoms with Gasteiger partial charge in [-0.15, -0.1) is 0 Å². The summed E-state index contributed by atoms with van der Waals surface area (Å²) in [6.07, 6.45) is 2.80. The Morgan fingerprint density at radius 3 is 2.38 bits per heavy atom. The molecule has 13 heteroatoms. The summed E-state index contributed by atoms with van der Waals surface area (Å²) in [4.78, 5) is 38.5. The van der Waals surface area contributed by atoms with E-state index in [0.717, 1.165) is 29.5 Å². The molecule has 0 heterocycles. The summed E-state index contributed by atoms with van der Waals surface area (Å²) in [6.45, 7) is 3.46. The number of non-ortho nitro benzene ring substituents is 1. The quantitative estimate of drug-likeness (QED) is 0.215. The topological polar surface area (TPSA) is 130 Å². The van der Waals surface area contributed by atoms with Gasteiger partial charge in [-0.3, -0.25) is 24.0 Å². The molecule has 0 fully saturated rings. The summed E-state index contributed by atoms with van der Waals surface area (Å²) < 4.78 is 26.0.